The van der Waals surface area contributed by atoms with Crippen molar-refractivity contribution in [3.63, 3.8) is 0 Å². The average molecular weight is 282 g/mol. The van der Waals surface area contributed by atoms with Gasteiger partial charge in [-0.15, -0.1) is 0 Å². The first-order valence-corrected chi connectivity index (χ1v) is 7.56. The second-order valence-electron chi connectivity index (χ2n) is 5.78. The van der Waals surface area contributed by atoms with Gasteiger partial charge in [-0.25, -0.2) is 9.67 Å². The summed E-state index contributed by atoms with van der Waals surface area (Å²) in [6.45, 7) is 5.98. The van der Waals surface area contributed by atoms with Crippen LogP contribution in [0.2, 0.25) is 0 Å². The van der Waals surface area contributed by atoms with Crippen molar-refractivity contribution in [2.75, 3.05) is 6.54 Å². The van der Waals surface area contributed by atoms with E-state index in [0.29, 0.717) is 6.04 Å². The van der Waals surface area contributed by atoms with Crippen LogP contribution in [-0.2, 0) is 13.0 Å². The lowest BCUT2D eigenvalue weighted by Gasteiger charge is -2.23. The van der Waals surface area contributed by atoms with E-state index in [2.05, 4.69) is 52.7 Å². The Labute approximate surface area is 125 Å². The Morgan fingerprint density at radius 1 is 1.38 bits per heavy atom. The van der Waals surface area contributed by atoms with Crippen LogP contribution in [0.25, 0.3) is 6.08 Å². The zero-order chi connectivity index (χ0) is 14.7. The average Bonchev–Trinajstić information content (AvgIpc) is 2.85. The summed E-state index contributed by atoms with van der Waals surface area (Å²) in [5.41, 5.74) is 2.61. The molecule has 1 aliphatic rings. The van der Waals surface area contributed by atoms with Crippen molar-refractivity contribution in [1.82, 2.24) is 20.1 Å². The third-order valence-corrected chi connectivity index (χ3v) is 3.85. The first-order valence-electron chi connectivity index (χ1n) is 7.56. The minimum absolute atomic E-state index is 0.484. The fourth-order valence-corrected chi connectivity index (χ4v) is 2.79. The van der Waals surface area contributed by atoms with E-state index >= 15 is 0 Å². The van der Waals surface area contributed by atoms with Crippen LogP contribution in [0, 0.1) is 6.92 Å². The molecule has 2 aromatic rings. The van der Waals surface area contributed by atoms with Crippen molar-refractivity contribution in [3.05, 3.63) is 53.1 Å². The molecule has 0 spiro atoms. The van der Waals surface area contributed by atoms with Crippen molar-refractivity contribution in [3.8, 4) is 0 Å². The normalized spacial score (nSPS) is 18.6. The lowest BCUT2D eigenvalue weighted by atomic mass is 10.1. The maximum absolute atomic E-state index is 4.45. The number of hydrogen-bond donors (Lipinski definition) is 1. The number of nitrogens with one attached hydrogen (secondary N) is 1. The van der Waals surface area contributed by atoms with Gasteiger partial charge in [0.15, 0.2) is 0 Å². The molecule has 0 saturated carbocycles. The van der Waals surface area contributed by atoms with Crippen molar-refractivity contribution in [2.45, 2.75) is 39.3 Å². The van der Waals surface area contributed by atoms with Crippen LogP contribution in [0.4, 0.5) is 0 Å². The van der Waals surface area contributed by atoms with Crippen molar-refractivity contribution < 1.29 is 0 Å². The predicted octanol–water partition coefficient (Wildman–Crippen LogP) is 2.59. The largest absolute Gasteiger partial charge is 0.308 e. The van der Waals surface area contributed by atoms with Gasteiger partial charge in [-0.2, -0.15) is 5.10 Å². The van der Waals surface area contributed by atoms with Gasteiger partial charge in [0.05, 0.1) is 6.54 Å². The molecule has 1 N–H and O–H groups in total. The highest BCUT2D eigenvalue weighted by molar-refractivity contribution is 5.52. The summed E-state index contributed by atoms with van der Waals surface area (Å²) >= 11 is 0. The highest BCUT2D eigenvalue weighted by atomic mass is 15.4. The Morgan fingerprint density at radius 3 is 3.00 bits per heavy atom. The van der Waals surface area contributed by atoms with Gasteiger partial charge in [0, 0.05) is 19.0 Å². The summed E-state index contributed by atoms with van der Waals surface area (Å²) in [6, 6.07) is 10.9. The van der Waals surface area contributed by atoms with Gasteiger partial charge in [0.1, 0.15) is 11.6 Å². The Kier molecular flexibility index (Phi) is 4.15. The number of nitrogens with zero attached hydrogens (tertiary/aromatic N) is 3. The van der Waals surface area contributed by atoms with Crippen LogP contribution < -0.4 is 5.32 Å². The zero-order valence-electron chi connectivity index (χ0n) is 12.7. The van der Waals surface area contributed by atoms with Gasteiger partial charge in [-0.3, -0.25) is 0 Å². The quantitative estimate of drug-likeness (QED) is 0.937. The van der Waals surface area contributed by atoms with Gasteiger partial charge in [-0.1, -0.05) is 42.0 Å². The zero-order valence-corrected chi connectivity index (χ0v) is 12.7. The minimum Gasteiger partial charge on any atom is -0.308 e. The van der Waals surface area contributed by atoms with Crippen molar-refractivity contribution >= 4 is 6.08 Å². The lowest BCUT2D eigenvalue weighted by molar-refractivity contribution is 0.367. The summed E-state index contributed by atoms with van der Waals surface area (Å²) in [5, 5.41) is 8.08. The summed E-state index contributed by atoms with van der Waals surface area (Å²) in [6.07, 6.45) is 4.39. The maximum Gasteiger partial charge on any atom is 0.147 e. The molecular formula is C17H22N4. The van der Waals surface area contributed by atoms with E-state index in [0.717, 1.165) is 37.6 Å². The number of rotatable bonds is 4. The molecule has 4 heteroatoms. The van der Waals surface area contributed by atoms with Gasteiger partial charge in [-0.05, 0) is 25.8 Å². The molecule has 0 fully saturated rings. The third-order valence-electron chi connectivity index (χ3n) is 3.85. The Morgan fingerprint density at radius 2 is 2.19 bits per heavy atom. The van der Waals surface area contributed by atoms with E-state index in [1.807, 2.05) is 17.7 Å². The van der Waals surface area contributed by atoms with Crippen LogP contribution in [0.15, 0.2) is 35.9 Å². The predicted molar refractivity (Wildman–Crippen MR) is 85.0 cm³/mol. The number of aromatic nitrogens is 3. The second-order valence-corrected chi connectivity index (χ2v) is 5.78. The highest BCUT2D eigenvalue weighted by Gasteiger charge is 2.20. The van der Waals surface area contributed by atoms with Gasteiger partial charge < -0.3 is 5.32 Å². The van der Waals surface area contributed by atoms with Crippen molar-refractivity contribution in [2.24, 2.45) is 0 Å². The highest BCUT2D eigenvalue weighted by Crippen LogP contribution is 2.13. The fourth-order valence-electron chi connectivity index (χ4n) is 2.79. The van der Waals surface area contributed by atoms with Gasteiger partial charge >= 0.3 is 0 Å². The Balaban J connectivity index is 1.55. The molecule has 1 aliphatic heterocycles. The van der Waals surface area contributed by atoms with Crippen LogP contribution >= 0.6 is 0 Å². The first kappa shape index (κ1) is 14.0. The lowest BCUT2D eigenvalue weighted by Crippen LogP contribution is -2.38. The first-order chi connectivity index (χ1) is 10.2. The van der Waals surface area contributed by atoms with Crippen molar-refractivity contribution in [1.29, 1.82) is 0 Å². The molecule has 1 atom stereocenters. The molecule has 1 aromatic heterocycles. The standard InChI is InChI=1S/C17H22N4/c1-13(10-15-6-4-3-5-7-15)11-18-16-8-9-17-19-14(2)20-21(17)12-16/h3-7,10,16,18H,8-9,11-12H2,1-2H3. The van der Waals surface area contributed by atoms with Gasteiger partial charge in [0.2, 0.25) is 0 Å². The number of fused-ring (bicyclic) bond motifs is 1. The summed E-state index contributed by atoms with van der Waals surface area (Å²) in [5.74, 6) is 2.01. The Bertz CT molecular complexity index is 627. The van der Waals surface area contributed by atoms with Crippen LogP contribution in [-0.4, -0.2) is 27.4 Å². The van der Waals surface area contributed by atoms with E-state index < -0.39 is 0 Å². The topological polar surface area (TPSA) is 42.7 Å². The number of benzene rings is 1. The molecule has 110 valence electrons. The van der Waals surface area contributed by atoms with E-state index in [1.54, 1.807) is 0 Å². The fraction of sp³-hybridized carbons (Fsp3) is 0.412. The molecular weight excluding hydrogens is 260 g/mol. The van der Waals surface area contributed by atoms with E-state index in [1.165, 1.54) is 11.1 Å². The molecule has 1 unspecified atom stereocenters. The Hall–Kier alpha value is -1.94. The molecule has 21 heavy (non-hydrogen) atoms. The number of aryl methyl sites for hydroxylation is 2. The van der Waals surface area contributed by atoms with E-state index in [-0.39, 0.29) is 0 Å². The monoisotopic (exact) mass is 282 g/mol. The smallest absolute Gasteiger partial charge is 0.147 e. The number of hydrogen-bond acceptors (Lipinski definition) is 3. The van der Waals surface area contributed by atoms with Gasteiger partial charge in [0.25, 0.3) is 0 Å². The van der Waals surface area contributed by atoms with E-state index in [9.17, 15) is 0 Å². The SMILES string of the molecule is CC(=Cc1ccccc1)CNC1CCc2nc(C)nn2C1. The van der Waals surface area contributed by atoms with Crippen LogP contribution in [0.1, 0.15) is 30.6 Å². The maximum atomic E-state index is 4.45. The minimum atomic E-state index is 0.484. The molecule has 0 aliphatic carbocycles. The molecule has 3 rings (SSSR count). The third kappa shape index (κ3) is 3.58. The molecule has 0 radical (unpaired) electrons. The molecule has 1 aromatic carbocycles. The summed E-state index contributed by atoms with van der Waals surface area (Å²) in [4.78, 5) is 4.45. The molecule has 0 saturated heterocycles. The molecule has 0 amide bonds. The van der Waals surface area contributed by atoms with Crippen LogP contribution in [0.3, 0.4) is 0 Å². The summed E-state index contributed by atoms with van der Waals surface area (Å²) in [7, 11) is 0. The molecule has 4 nitrogen and oxygen atoms in total. The molecule has 0 bridgehead atoms. The summed E-state index contributed by atoms with van der Waals surface area (Å²) < 4.78 is 2.05. The van der Waals surface area contributed by atoms with Crippen LogP contribution in [0.5, 0.6) is 0 Å². The van der Waals surface area contributed by atoms with E-state index in [4.69, 9.17) is 0 Å². The molecule has 2 heterocycles. The second kappa shape index (κ2) is 6.22.